The van der Waals surface area contributed by atoms with Crippen molar-refractivity contribution in [3.8, 4) is 0 Å². The van der Waals surface area contributed by atoms with E-state index in [4.69, 9.17) is 5.11 Å². The molecule has 0 saturated carbocycles. The molecule has 0 radical (unpaired) electrons. The van der Waals surface area contributed by atoms with Crippen molar-refractivity contribution < 1.29 is 9.90 Å². The van der Waals surface area contributed by atoms with Crippen LogP contribution >= 0.6 is 0 Å². The lowest BCUT2D eigenvalue weighted by molar-refractivity contribution is -0.129. The lowest BCUT2D eigenvalue weighted by Gasteiger charge is -2.26. The van der Waals surface area contributed by atoms with E-state index in [0.29, 0.717) is 13.0 Å². The van der Waals surface area contributed by atoms with E-state index in [-0.39, 0.29) is 18.1 Å². The largest absolute Gasteiger partial charge is 0.396 e. The van der Waals surface area contributed by atoms with Gasteiger partial charge in [0.05, 0.1) is 6.54 Å². The topological polar surface area (TPSA) is 52.6 Å². The molecule has 0 aliphatic heterocycles. The van der Waals surface area contributed by atoms with E-state index in [0.717, 1.165) is 6.54 Å². The Hall–Kier alpha value is -0.610. The van der Waals surface area contributed by atoms with Gasteiger partial charge in [-0.05, 0) is 27.2 Å². The highest BCUT2D eigenvalue weighted by atomic mass is 16.3. The Morgan fingerprint density at radius 1 is 1.50 bits per heavy atom. The molecule has 0 unspecified atom stereocenters. The van der Waals surface area contributed by atoms with Crippen LogP contribution in [0.15, 0.2) is 0 Å². The number of hydrogen-bond donors (Lipinski definition) is 2. The van der Waals surface area contributed by atoms with E-state index in [2.05, 4.69) is 5.32 Å². The Labute approximate surface area is 86.3 Å². The maximum atomic E-state index is 11.4. The molecule has 1 amide bonds. The third kappa shape index (κ3) is 5.19. The van der Waals surface area contributed by atoms with E-state index in [1.165, 1.54) is 0 Å². The van der Waals surface area contributed by atoms with Gasteiger partial charge in [-0.1, -0.05) is 0 Å². The number of amides is 1. The summed E-state index contributed by atoms with van der Waals surface area (Å²) >= 11 is 0. The van der Waals surface area contributed by atoms with Crippen molar-refractivity contribution in [1.29, 1.82) is 0 Å². The molecule has 0 bridgehead atoms. The minimum Gasteiger partial charge on any atom is -0.396 e. The van der Waals surface area contributed by atoms with Crippen LogP contribution in [0.2, 0.25) is 0 Å². The van der Waals surface area contributed by atoms with Gasteiger partial charge in [0.1, 0.15) is 0 Å². The van der Waals surface area contributed by atoms with Crippen molar-refractivity contribution in [1.82, 2.24) is 10.2 Å². The molecular formula is C10H22N2O2. The summed E-state index contributed by atoms with van der Waals surface area (Å²) in [6.07, 6.45) is 0.649. The molecule has 0 aromatic carbocycles. The third-order valence-corrected chi connectivity index (χ3v) is 2.36. The van der Waals surface area contributed by atoms with Crippen molar-refractivity contribution in [2.45, 2.75) is 32.7 Å². The van der Waals surface area contributed by atoms with Crippen molar-refractivity contribution in [3.05, 3.63) is 0 Å². The number of aliphatic hydroxyl groups excluding tert-OH is 1. The van der Waals surface area contributed by atoms with Crippen molar-refractivity contribution in [2.75, 3.05) is 26.7 Å². The van der Waals surface area contributed by atoms with E-state index in [1.54, 1.807) is 11.9 Å². The number of likely N-dealkylation sites (N-methyl/N-ethyl adjacent to an activating group) is 1. The quantitative estimate of drug-likeness (QED) is 0.647. The van der Waals surface area contributed by atoms with Crippen LogP contribution in [-0.4, -0.2) is 48.2 Å². The number of nitrogens with zero attached hydrogens (tertiary/aromatic N) is 1. The van der Waals surface area contributed by atoms with Gasteiger partial charge in [-0.25, -0.2) is 0 Å². The van der Waals surface area contributed by atoms with E-state index in [9.17, 15) is 4.79 Å². The zero-order valence-electron chi connectivity index (χ0n) is 9.63. The summed E-state index contributed by atoms with van der Waals surface area (Å²) in [6.45, 7) is 7.08. The summed E-state index contributed by atoms with van der Waals surface area (Å²) < 4.78 is 0. The average Bonchev–Trinajstić information content (AvgIpc) is 2.13. The second-order valence-corrected chi connectivity index (χ2v) is 4.12. The first-order valence-corrected chi connectivity index (χ1v) is 5.03. The highest BCUT2D eigenvalue weighted by molar-refractivity contribution is 5.77. The molecule has 4 heteroatoms. The highest BCUT2D eigenvalue weighted by Crippen LogP contribution is 2.06. The fraction of sp³-hybridized carbons (Fsp3) is 0.900. The van der Waals surface area contributed by atoms with Crippen molar-refractivity contribution in [2.24, 2.45) is 0 Å². The Kier molecular flexibility index (Phi) is 5.72. The monoisotopic (exact) mass is 202 g/mol. The molecule has 2 N–H and O–H groups in total. The van der Waals surface area contributed by atoms with E-state index in [1.807, 2.05) is 20.8 Å². The Morgan fingerprint density at radius 3 is 2.50 bits per heavy atom. The van der Waals surface area contributed by atoms with Gasteiger partial charge < -0.3 is 15.3 Å². The third-order valence-electron chi connectivity index (χ3n) is 2.36. The zero-order valence-corrected chi connectivity index (χ0v) is 9.63. The summed E-state index contributed by atoms with van der Waals surface area (Å²) in [5.41, 5.74) is -0.182. The molecule has 0 spiro atoms. The van der Waals surface area contributed by atoms with Crippen LogP contribution in [0.1, 0.15) is 27.2 Å². The maximum absolute atomic E-state index is 11.4. The standard InChI is InChI=1S/C10H22N2O2/c1-5-12(4)9(14)8-11-10(2,3)6-7-13/h11,13H,5-8H2,1-4H3. The smallest absolute Gasteiger partial charge is 0.236 e. The first kappa shape index (κ1) is 13.4. The number of aliphatic hydroxyl groups is 1. The lowest BCUT2D eigenvalue weighted by Crippen LogP contribution is -2.46. The van der Waals surface area contributed by atoms with Gasteiger partial charge >= 0.3 is 0 Å². The molecule has 14 heavy (non-hydrogen) atoms. The predicted molar refractivity (Wildman–Crippen MR) is 57.1 cm³/mol. The van der Waals surface area contributed by atoms with Gasteiger partial charge in [0.15, 0.2) is 0 Å². The molecular weight excluding hydrogens is 180 g/mol. The van der Waals surface area contributed by atoms with Gasteiger partial charge in [-0.2, -0.15) is 0 Å². The summed E-state index contributed by atoms with van der Waals surface area (Å²) in [5.74, 6) is 0.0820. The van der Waals surface area contributed by atoms with Crippen LogP contribution in [0.4, 0.5) is 0 Å². The Morgan fingerprint density at radius 2 is 2.07 bits per heavy atom. The van der Waals surface area contributed by atoms with Crippen LogP contribution in [0.25, 0.3) is 0 Å². The summed E-state index contributed by atoms with van der Waals surface area (Å²) in [7, 11) is 1.78. The molecule has 0 aromatic heterocycles. The minimum absolute atomic E-state index is 0.0820. The van der Waals surface area contributed by atoms with Gasteiger partial charge in [-0.15, -0.1) is 0 Å². The molecule has 0 aliphatic carbocycles. The average molecular weight is 202 g/mol. The van der Waals surface area contributed by atoms with Gasteiger partial charge in [-0.3, -0.25) is 4.79 Å². The van der Waals surface area contributed by atoms with Crippen LogP contribution < -0.4 is 5.32 Å². The van der Waals surface area contributed by atoms with Crippen LogP contribution in [-0.2, 0) is 4.79 Å². The molecule has 0 aliphatic rings. The molecule has 84 valence electrons. The highest BCUT2D eigenvalue weighted by Gasteiger charge is 2.18. The normalized spacial score (nSPS) is 11.5. The SMILES string of the molecule is CCN(C)C(=O)CNC(C)(C)CCO. The number of hydrogen-bond acceptors (Lipinski definition) is 3. The molecule has 0 saturated heterocycles. The fourth-order valence-corrected chi connectivity index (χ4v) is 0.994. The zero-order chi connectivity index (χ0) is 11.2. The van der Waals surface area contributed by atoms with Crippen molar-refractivity contribution in [3.63, 3.8) is 0 Å². The van der Waals surface area contributed by atoms with Crippen LogP contribution in [0.5, 0.6) is 0 Å². The number of carbonyl (C=O) groups is 1. The number of carbonyl (C=O) groups excluding carboxylic acids is 1. The Bertz CT molecular complexity index is 181. The number of rotatable bonds is 6. The van der Waals surface area contributed by atoms with Crippen molar-refractivity contribution >= 4 is 5.91 Å². The molecule has 0 aromatic rings. The first-order valence-electron chi connectivity index (χ1n) is 5.03. The predicted octanol–water partition coefficient (Wildman–Crippen LogP) is 0.215. The maximum Gasteiger partial charge on any atom is 0.236 e. The van der Waals surface area contributed by atoms with E-state index >= 15 is 0 Å². The summed E-state index contributed by atoms with van der Waals surface area (Å²) in [4.78, 5) is 13.1. The van der Waals surface area contributed by atoms with Gasteiger partial charge in [0.2, 0.25) is 5.91 Å². The van der Waals surface area contributed by atoms with Crippen LogP contribution in [0.3, 0.4) is 0 Å². The second-order valence-electron chi connectivity index (χ2n) is 4.12. The van der Waals surface area contributed by atoms with Crippen LogP contribution in [0, 0.1) is 0 Å². The molecule has 0 heterocycles. The lowest BCUT2D eigenvalue weighted by atomic mass is 10.0. The van der Waals surface area contributed by atoms with Gasteiger partial charge in [0, 0.05) is 25.7 Å². The summed E-state index contributed by atoms with van der Waals surface area (Å²) in [6, 6.07) is 0. The number of nitrogens with one attached hydrogen (secondary N) is 1. The molecule has 4 nitrogen and oxygen atoms in total. The first-order chi connectivity index (χ1) is 6.43. The Balaban J connectivity index is 3.87. The van der Waals surface area contributed by atoms with E-state index < -0.39 is 0 Å². The fourth-order valence-electron chi connectivity index (χ4n) is 0.994. The molecule has 0 fully saturated rings. The molecule has 0 atom stereocenters. The molecule has 0 rings (SSSR count). The second kappa shape index (κ2) is 5.98. The summed E-state index contributed by atoms with van der Waals surface area (Å²) in [5, 5.41) is 11.9. The minimum atomic E-state index is -0.182. The van der Waals surface area contributed by atoms with Gasteiger partial charge in [0.25, 0.3) is 0 Å².